The predicted molar refractivity (Wildman–Crippen MR) is 64.6 cm³/mol. The molecule has 0 aliphatic rings. The van der Waals surface area contributed by atoms with Crippen molar-refractivity contribution in [1.82, 2.24) is 0 Å². The zero-order valence-corrected chi connectivity index (χ0v) is 10.5. The van der Waals surface area contributed by atoms with Gasteiger partial charge in [0.05, 0.1) is 9.80 Å². The maximum absolute atomic E-state index is 11.9. The van der Waals surface area contributed by atoms with Crippen molar-refractivity contribution in [3.8, 4) is 0 Å². The molecule has 1 aromatic carbocycles. The molecule has 86 valence electrons. The maximum atomic E-state index is 11.9. The van der Waals surface area contributed by atoms with Crippen molar-refractivity contribution in [3.05, 3.63) is 41.3 Å². The van der Waals surface area contributed by atoms with Crippen LogP contribution in [0.5, 0.6) is 0 Å². The van der Waals surface area contributed by atoms with Gasteiger partial charge in [-0.25, -0.2) is 8.42 Å². The molecule has 0 N–H and O–H groups in total. The summed E-state index contributed by atoms with van der Waals surface area (Å²) in [4.78, 5) is 0.0393. The van der Waals surface area contributed by atoms with Crippen LogP contribution in [0.3, 0.4) is 0 Å². The Morgan fingerprint density at radius 3 is 2.31 bits per heavy atom. The summed E-state index contributed by atoms with van der Waals surface area (Å²) < 4.78 is 23.8. The molecule has 1 rings (SSSR count). The molecule has 16 heavy (non-hydrogen) atoms. The summed E-state index contributed by atoms with van der Waals surface area (Å²) in [5.74, 6) is 0. The average Bonchev–Trinajstić information content (AvgIpc) is 2.26. The second kappa shape index (κ2) is 5.30. The molecule has 1 aromatic rings. The van der Waals surface area contributed by atoms with Crippen LogP contribution in [-0.4, -0.2) is 8.42 Å². The van der Waals surface area contributed by atoms with Crippen molar-refractivity contribution in [2.45, 2.75) is 38.0 Å². The summed E-state index contributed by atoms with van der Waals surface area (Å²) >= 11 is 0. The van der Waals surface area contributed by atoms with E-state index in [9.17, 15) is 8.42 Å². The van der Waals surface area contributed by atoms with Crippen LogP contribution in [0.15, 0.2) is 34.1 Å². The van der Waals surface area contributed by atoms with Gasteiger partial charge in [0.1, 0.15) is 0 Å². The van der Waals surface area contributed by atoms with Crippen LogP contribution in [0.1, 0.15) is 31.7 Å². The highest BCUT2D eigenvalue weighted by molar-refractivity contribution is 7.95. The number of sulfone groups is 1. The van der Waals surface area contributed by atoms with Gasteiger partial charge < -0.3 is 0 Å². The van der Waals surface area contributed by atoms with Gasteiger partial charge >= 0.3 is 0 Å². The molecular formula is C13H16O2S. The lowest BCUT2D eigenvalue weighted by Crippen LogP contribution is -2.04. The van der Waals surface area contributed by atoms with Crippen molar-refractivity contribution >= 4 is 9.84 Å². The third kappa shape index (κ3) is 2.95. The van der Waals surface area contributed by atoms with Crippen molar-refractivity contribution in [3.63, 3.8) is 0 Å². The first-order valence-corrected chi connectivity index (χ1v) is 6.86. The van der Waals surface area contributed by atoms with Crippen LogP contribution in [0, 0.1) is 13.5 Å². The van der Waals surface area contributed by atoms with Gasteiger partial charge in [0.15, 0.2) is 0 Å². The smallest absolute Gasteiger partial charge is 0.203 e. The minimum atomic E-state index is -3.54. The van der Waals surface area contributed by atoms with Crippen LogP contribution in [0.25, 0.3) is 0 Å². The van der Waals surface area contributed by atoms with Gasteiger partial charge in [-0.2, -0.15) is 0 Å². The van der Waals surface area contributed by atoms with Crippen molar-refractivity contribution in [1.29, 1.82) is 0 Å². The van der Waals surface area contributed by atoms with Crippen LogP contribution in [0.2, 0.25) is 0 Å². The number of aryl methyl sites for hydroxylation is 1. The Hall–Kier alpha value is -1.09. The second-order valence-electron chi connectivity index (χ2n) is 3.84. The van der Waals surface area contributed by atoms with E-state index in [2.05, 4.69) is 0 Å². The quantitative estimate of drug-likeness (QED) is 0.787. The van der Waals surface area contributed by atoms with Crippen LogP contribution in [-0.2, 0) is 9.84 Å². The number of rotatable bonds is 5. The molecule has 0 saturated carbocycles. The van der Waals surface area contributed by atoms with Gasteiger partial charge in [-0.3, -0.25) is 0 Å². The SMILES string of the molecule is [C]=C(CCCC)S(=O)(=O)c1ccc(C)cc1. The summed E-state index contributed by atoms with van der Waals surface area (Å²) in [7, 11) is -3.54. The Labute approximate surface area is 97.9 Å². The molecule has 3 heteroatoms. The maximum Gasteiger partial charge on any atom is 0.203 e. The van der Waals surface area contributed by atoms with E-state index in [1.807, 2.05) is 13.8 Å². The standard InChI is InChI=1S/C13H16O2S/c1-4-5-6-12(3)16(14,15)13-9-7-11(2)8-10-13/h7-10H,4-6H2,1-2H3. The van der Waals surface area contributed by atoms with E-state index in [4.69, 9.17) is 6.58 Å². The predicted octanol–water partition coefficient (Wildman–Crippen LogP) is 3.15. The van der Waals surface area contributed by atoms with Gasteiger partial charge in [0.2, 0.25) is 9.84 Å². The first kappa shape index (κ1) is 13.0. The number of benzene rings is 1. The summed E-state index contributed by atoms with van der Waals surface area (Å²) in [6.07, 6.45) is 1.96. The molecule has 0 fully saturated rings. The minimum absolute atomic E-state index is 0.182. The Balaban J connectivity index is 2.93. The van der Waals surface area contributed by atoms with Gasteiger partial charge in [-0.1, -0.05) is 31.0 Å². The molecular weight excluding hydrogens is 220 g/mol. The van der Waals surface area contributed by atoms with Crippen molar-refractivity contribution in [2.75, 3.05) is 0 Å². The van der Waals surface area contributed by atoms with Gasteiger partial charge in [0, 0.05) is 6.58 Å². The first-order valence-electron chi connectivity index (χ1n) is 5.37. The molecule has 0 spiro atoms. The van der Waals surface area contributed by atoms with Crippen LogP contribution >= 0.6 is 0 Å². The minimum Gasteiger partial charge on any atom is -0.219 e. The van der Waals surface area contributed by atoms with E-state index >= 15 is 0 Å². The molecule has 0 aliphatic carbocycles. The molecule has 0 unspecified atom stereocenters. The van der Waals surface area contributed by atoms with E-state index in [0.717, 1.165) is 18.4 Å². The summed E-state index contributed by atoms with van der Waals surface area (Å²) in [5, 5.41) is 0. The third-order valence-electron chi connectivity index (χ3n) is 2.41. The van der Waals surface area contributed by atoms with Gasteiger partial charge in [0.25, 0.3) is 0 Å². The summed E-state index contributed by atoms with van der Waals surface area (Å²) in [6.45, 7) is 11.5. The summed E-state index contributed by atoms with van der Waals surface area (Å²) in [5.41, 5.74) is 1.01. The van der Waals surface area contributed by atoms with E-state index < -0.39 is 9.84 Å². The lowest BCUT2D eigenvalue weighted by atomic mass is 10.2. The first-order chi connectivity index (χ1) is 7.48. The zero-order valence-electron chi connectivity index (χ0n) is 9.66. The van der Waals surface area contributed by atoms with E-state index in [1.54, 1.807) is 24.3 Å². The molecule has 0 amide bonds. The Bertz CT molecular complexity index is 455. The molecule has 0 saturated heterocycles. The number of allylic oxidation sites excluding steroid dienone is 1. The Kier molecular flexibility index (Phi) is 4.30. The molecule has 0 atom stereocenters. The van der Waals surface area contributed by atoms with E-state index in [0.29, 0.717) is 6.42 Å². The number of unbranched alkanes of at least 4 members (excludes halogenated alkanes) is 1. The van der Waals surface area contributed by atoms with Crippen LogP contribution < -0.4 is 0 Å². The highest BCUT2D eigenvalue weighted by atomic mass is 32.2. The number of hydrogen-bond donors (Lipinski definition) is 0. The fraction of sp³-hybridized carbons (Fsp3) is 0.385. The van der Waals surface area contributed by atoms with Crippen LogP contribution in [0.4, 0.5) is 0 Å². The largest absolute Gasteiger partial charge is 0.219 e. The van der Waals surface area contributed by atoms with Gasteiger partial charge in [-0.05, 0) is 31.9 Å². The fourth-order valence-corrected chi connectivity index (χ4v) is 2.52. The Morgan fingerprint density at radius 1 is 1.25 bits per heavy atom. The average molecular weight is 236 g/mol. The normalized spacial score (nSPS) is 11.4. The third-order valence-corrected chi connectivity index (χ3v) is 4.16. The van der Waals surface area contributed by atoms with Crippen molar-refractivity contribution < 1.29 is 8.42 Å². The molecule has 2 radical (unpaired) electrons. The highest BCUT2D eigenvalue weighted by Crippen LogP contribution is 2.21. The fourth-order valence-electron chi connectivity index (χ4n) is 1.33. The van der Waals surface area contributed by atoms with E-state index in [1.165, 1.54) is 0 Å². The van der Waals surface area contributed by atoms with E-state index in [-0.39, 0.29) is 9.80 Å². The molecule has 0 aliphatic heterocycles. The topological polar surface area (TPSA) is 34.1 Å². The monoisotopic (exact) mass is 236 g/mol. The lowest BCUT2D eigenvalue weighted by molar-refractivity contribution is 0.599. The second-order valence-corrected chi connectivity index (χ2v) is 5.81. The highest BCUT2D eigenvalue weighted by Gasteiger charge is 2.18. The Morgan fingerprint density at radius 2 is 1.81 bits per heavy atom. The molecule has 2 nitrogen and oxygen atoms in total. The molecule has 0 heterocycles. The number of hydrogen-bond acceptors (Lipinski definition) is 2. The molecule has 0 aromatic heterocycles. The lowest BCUT2D eigenvalue weighted by Gasteiger charge is -2.06. The zero-order chi connectivity index (χ0) is 12.2. The van der Waals surface area contributed by atoms with Gasteiger partial charge in [-0.15, -0.1) is 0 Å². The molecule has 0 bridgehead atoms. The van der Waals surface area contributed by atoms with Crippen molar-refractivity contribution in [2.24, 2.45) is 0 Å². The summed E-state index contributed by atoms with van der Waals surface area (Å²) in [6, 6.07) is 6.62.